The smallest absolute Gasteiger partial charge is 0.271 e. The largest absolute Gasteiger partial charge is 0.457 e. The van der Waals surface area contributed by atoms with Crippen LogP contribution in [0.5, 0.6) is 0 Å². The molecule has 1 aromatic carbocycles. The minimum atomic E-state index is -3.33. The van der Waals surface area contributed by atoms with Gasteiger partial charge >= 0.3 is 0 Å². The van der Waals surface area contributed by atoms with Gasteiger partial charge in [0, 0.05) is 16.2 Å². The Morgan fingerprint density at radius 1 is 1.23 bits per heavy atom. The van der Waals surface area contributed by atoms with Crippen LogP contribution in [0.2, 0.25) is 5.02 Å². The van der Waals surface area contributed by atoms with Gasteiger partial charge in [-0.25, -0.2) is 8.42 Å². The number of benzene rings is 1. The molecule has 158 valence electrons. The first kappa shape index (κ1) is 21.1. The van der Waals surface area contributed by atoms with Crippen molar-refractivity contribution in [1.82, 2.24) is 4.90 Å². The number of carbonyl (C=O) groups is 2. The van der Waals surface area contributed by atoms with E-state index < -0.39 is 27.7 Å². The van der Waals surface area contributed by atoms with Gasteiger partial charge in [-0.1, -0.05) is 23.7 Å². The summed E-state index contributed by atoms with van der Waals surface area (Å²) in [6.07, 6.45) is 1.62. The number of hydrogen-bond donors (Lipinski definition) is 0. The van der Waals surface area contributed by atoms with Gasteiger partial charge in [0.2, 0.25) is 0 Å². The topological polar surface area (TPSA) is 108 Å². The van der Waals surface area contributed by atoms with Crippen LogP contribution in [-0.4, -0.2) is 42.7 Å². The lowest BCUT2D eigenvalue weighted by Gasteiger charge is -2.31. The van der Waals surface area contributed by atoms with Gasteiger partial charge in [0.1, 0.15) is 23.2 Å². The summed E-state index contributed by atoms with van der Waals surface area (Å²) in [5.74, 6) is -0.903. The second kappa shape index (κ2) is 7.84. The van der Waals surface area contributed by atoms with Gasteiger partial charge in [0.15, 0.2) is 9.84 Å². The molecule has 0 spiro atoms. The van der Waals surface area contributed by atoms with Crippen LogP contribution >= 0.6 is 11.6 Å². The van der Waals surface area contributed by atoms with E-state index in [1.54, 1.807) is 30.3 Å². The Bertz CT molecular complexity index is 1310. The van der Waals surface area contributed by atoms with Crippen LogP contribution in [0.15, 0.2) is 57.5 Å². The third-order valence-electron chi connectivity index (χ3n) is 5.37. The normalized spacial score (nSPS) is 22.3. The Hall–Kier alpha value is -3.15. The van der Waals surface area contributed by atoms with Crippen LogP contribution in [0.4, 0.5) is 0 Å². The molecule has 2 aliphatic heterocycles. The second-order valence-electron chi connectivity index (χ2n) is 7.42. The summed E-state index contributed by atoms with van der Waals surface area (Å²) in [4.78, 5) is 26.8. The second-order valence-corrected chi connectivity index (χ2v) is 10.1. The molecular formula is C22H17ClN2O5S. The molecule has 1 atom stereocenters. The summed E-state index contributed by atoms with van der Waals surface area (Å²) in [6, 6.07) is 11.5. The number of imide groups is 1. The molecule has 0 saturated carbocycles. The minimum absolute atomic E-state index is 0.0977. The first-order chi connectivity index (χ1) is 14.7. The molecule has 1 saturated heterocycles. The van der Waals surface area contributed by atoms with Gasteiger partial charge in [0.05, 0.1) is 17.5 Å². The van der Waals surface area contributed by atoms with E-state index in [1.165, 1.54) is 13.0 Å². The zero-order valence-corrected chi connectivity index (χ0v) is 18.0. The van der Waals surface area contributed by atoms with E-state index in [9.17, 15) is 23.3 Å². The number of halogens is 1. The number of nitrogens with zero attached hydrogens (tertiary/aromatic N) is 2. The molecule has 7 nitrogen and oxygen atoms in total. The summed E-state index contributed by atoms with van der Waals surface area (Å²) in [5, 5.41) is 10.0. The molecule has 0 N–H and O–H groups in total. The Balaban J connectivity index is 1.74. The van der Waals surface area contributed by atoms with Crippen LogP contribution < -0.4 is 0 Å². The van der Waals surface area contributed by atoms with E-state index in [4.69, 9.17) is 16.0 Å². The molecule has 9 heteroatoms. The first-order valence-corrected chi connectivity index (χ1v) is 11.7. The minimum Gasteiger partial charge on any atom is -0.457 e. The number of amides is 2. The molecular weight excluding hydrogens is 440 g/mol. The average Bonchev–Trinajstić information content (AvgIpc) is 3.32. The Morgan fingerprint density at radius 2 is 2.00 bits per heavy atom. The van der Waals surface area contributed by atoms with E-state index in [0.29, 0.717) is 16.5 Å². The highest BCUT2D eigenvalue weighted by atomic mass is 35.5. The molecule has 3 heterocycles. The highest BCUT2D eigenvalue weighted by Gasteiger charge is 2.43. The molecule has 1 unspecified atom stereocenters. The van der Waals surface area contributed by atoms with E-state index in [1.807, 2.05) is 12.1 Å². The van der Waals surface area contributed by atoms with Crippen LogP contribution in [0.3, 0.4) is 0 Å². The molecule has 4 rings (SSSR count). The van der Waals surface area contributed by atoms with Gasteiger partial charge in [-0.15, -0.1) is 0 Å². The number of furan rings is 1. The van der Waals surface area contributed by atoms with Crippen molar-refractivity contribution in [1.29, 1.82) is 5.26 Å². The average molecular weight is 457 g/mol. The van der Waals surface area contributed by atoms with E-state index >= 15 is 0 Å². The first-order valence-electron chi connectivity index (χ1n) is 9.47. The van der Waals surface area contributed by atoms with Crippen LogP contribution in [-0.2, 0) is 19.4 Å². The van der Waals surface area contributed by atoms with Crippen LogP contribution in [0.25, 0.3) is 17.4 Å². The number of nitriles is 1. The number of carbonyl (C=O) groups excluding carboxylic acids is 2. The lowest BCUT2D eigenvalue weighted by atomic mass is 9.93. The molecule has 2 aliphatic rings. The third-order valence-corrected chi connectivity index (χ3v) is 7.35. The highest BCUT2D eigenvalue weighted by molar-refractivity contribution is 7.91. The number of hydrogen-bond acceptors (Lipinski definition) is 6. The van der Waals surface area contributed by atoms with Crippen molar-refractivity contribution >= 4 is 39.3 Å². The van der Waals surface area contributed by atoms with Crippen LogP contribution in [0, 0.1) is 11.3 Å². The van der Waals surface area contributed by atoms with Crippen molar-refractivity contribution < 1.29 is 22.4 Å². The fraction of sp³-hybridized carbons (Fsp3) is 0.227. The Kier molecular flexibility index (Phi) is 5.33. The highest BCUT2D eigenvalue weighted by Crippen LogP contribution is 2.32. The third kappa shape index (κ3) is 3.94. The van der Waals surface area contributed by atoms with Crippen molar-refractivity contribution in [2.75, 3.05) is 11.5 Å². The quantitative estimate of drug-likeness (QED) is 0.517. The maximum absolute atomic E-state index is 13.2. The molecule has 1 fully saturated rings. The van der Waals surface area contributed by atoms with Crippen molar-refractivity contribution in [2.24, 2.45) is 0 Å². The van der Waals surface area contributed by atoms with Crippen molar-refractivity contribution in [2.45, 2.75) is 19.4 Å². The molecule has 31 heavy (non-hydrogen) atoms. The standard InChI is InChI=1S/C22H17ClN2O5S/c1-13-18(10-17-5-6-20(30-17)14-3-2-4-15(23)9-14)21(26)25(22(27)19(13)11-24)16-7-8-31(28,29)12-16/h2-6,9-10,16H,7-8,12H2,1H3/b18-10-. The number of rotatable bonds is 3. The zero-order chi connectivity index (χ0) is 22.3. The molecule has 0 radical (unpaired) electrons. The summed E-state index contributed by atoms with van der Waals surface area (Å²) in [7, 11) is -3.33. The Labute approximate surface area is 184 Å². The summed E-state index contributed by atoms with van der Waals surface area (Å²) < 4.78 is 29.6. The molecule has 2 amide bonds. The number of sulfone groups is 1. The lowest BCUT2D eigenvalue weighted by Crippen LogP contribution is -2.49. The summed E-state index contributed by atoms with van der Waals surface area (Å²) >= 11 is 6.02. The van der Waals surface area contributed by atoms with Crippen molar-refractivity contribution in [3.05, 3.63) is 63.9 Å². The summed E-state index contributed by atoms with van der Waals surface area (Å²) in [5.41, 5.74) is 0.921. The van der Waals surface area contributed by atoms with E-state index in [0.717, 1.165) is 10.5 Å². The maximum Gasteiger partial charge on any atom is 0.271 e. The fourth-order valence-corrected chi connectivity index (χ4v) is 5.67. The summed E-state index contributed by atoms with van der Waals surface area (Å²) in [6.45, 7) is 1.52. The maximum atomic E-state index is 13.2. The zero-order valence-electron chi connectivity index (χ0n) is 16.5. The SMILES string of the molecule is CC1=C(C#N)C(=O)N(C2CCS(=O)(=O)C2)C(=O)/C1=C\c1ccc(-c2cccc(Cl)c2)o1. The van der Waals surface area contributed by atoms with Gasteiger partial charge in [-0.05, 0) is 49.3 Å². The van der Waals surface area contributed by atoms with Gasteiger partial charge in [-0.3, -0.25) is 14.5 Å². The predicted octanol–water partition coefficient (Wildman–Crippen LogP) is 3.38. The molecule has 0 bridgehead atoms. The van der Waals surface area contributed by atoms with E-state index in [-0.39, 0.29) is 34.6 Å². The van der Waals surface area contributed by atoms with E-state index in [2.05, 4.69) is 0 Å². The molecule has 1 aromatic heterocycles. The van der Waals surface area contributed by atoms with Gasteiger partial charge in [0.25, 0.3) is 11.8 Å². The monoisotopic (exact) mass is 456 g/mol. The van der Waals surface area contributed by atoms with Crippen LogP contribution in [0.1, 0.15) is 19.1 Å². The predicted molar refractivity (Wildman–Crippen MR) is 114 cm³/mol. The lowest BCUT2D eigenvalue weighted by molar-refractivity contribution is -0.142. The molecule has 0 aliphatic carbocycles. The van der Waals surface area contributed by atoms with Crippen molar-refractivity contribution in [3.8, 4) is 17.4 Å². The molecule has 2 aromatic rings. The fourth-order valence-electron chi connectivity index (χ4n) is 3.78. The van der Waals surface area contributed by atoms with Crippen molar-refractivity contribution in [3.63, 3.8) is 0 Å². The van der Waals surface area contributed by atoms with Gasteiger partial charge < -0.3 is 4.42 Å². The Morgan fingerprint density at radius 3 is 2.65 bits per heavy atom. The van der Waals surface area contributed by atoms with Gasteiger partial charge in [-0.2, -0.15) is 5.26 Å².